The van der Waals surface area contributed by atoms with Gasteiger partial charge in [0.2, 0.25) is 11.8 Å². The molecule has 4 rings (SSSR count). The van der Waals surface area contributed by atoms with Gasteiger partial charge in [-0.1, -0.05) is 39.8 Å². The van der Waals surface area contributed by atoms with Crippen molar-refractivity contribution < 1.29 is 23.5 Å². The minimum Gasteiger partial charge on any atom is -0.444 e. The summed E-state index contributed by atoms with van der Waals surface area (Å²) >= 11 is 0. The fourth-order valence-electron chi connectivity index (χ4n) is 5.32. The number of nitrogens with zero attached hydrogens (tertiary/aromatic N) is 4. The highest BCUT2D eigenvalue weighted by atomic mass is 19.1. The van der Waals surface area contributed by atoms with Crippen molar-refractivity contribution >= 4 is 17.9 Å². The smallest absolute Gasteiger partial charge is 0.411 e. The van der Waals surface area contributed by atoms with E-state index in [1.165, 1.54) is 22.6 Å². The Morgan fingerprint density at radius 3 is 2.37 bits per heavy atom. The van der Waals surface area contributed by atoms with Gasteiger partial charge in [-0.25, -0.2) is 13.9 Å². The first kappa shape index (κ1) is 33.5. The van der Waals surface area contributed by atoms with Gasteiger partial charge in [-0.3, -0.25) is 14.5 Å². The molecule has 2 heterocycles. The molecule has 1 N–H and O–H groups in total. The highest BCUT2D eigenvalue weighted by molar-refractivity contribution is 5.87. The zero-order valence-corrected chi connectivity index (χ0v) is 25.7. The van der Waals surface area contributed by atoms with Crippen LogP contribution in [0.5, 0.6) is 0 Å². The minimum atomic E-state index is -0.980. The number of ether oxygens (including phenoxy) is 1. The molecule has 10 heteroatoms. The lowest BCUT2D eigenvalue weighted by molar-refractivity contribution is -0.128. The van der Waals surface area contributed by atoms with Gasteiger partial charge in [-0.05, 0) is 70.6 Å². The number of rotatable bonds is 5. The van der Waals surface area contributed by atoms with Gasteiger partial charge in [0.1, 0.15) is 23.5 Å². The Labute approximate surface area is 243 Å². The Kier molecular flexibility index (Phi) is 11.6. The van der Waals surface area contributed by atoms with E-state index >= 15 is 0 Å². The van der Waals surface area contributed by atoms with E-state index in [0.29, 0.717) is 17.0 Å². The summed E-state index contributed by atoms with van der Waals surface area (Å²) in [6.07, 6.45) is 1.80. The van der Waals surface area contributed by atoms with Gasteiger partial charge in [0, 0.05) is 30.6 Å². The average Bonchev–Trinajstić information content (AvgIpc) is 3.65. The van der Waals surface area contributed by atoms with Crippen molar-refractivity contribution in [2.45, 2.75) is 112 Å². The summed E-state index contributed by atoms with van der Waals surface area (Å²) in [6, 6.07) is 6.51. The Hall–Kier alpha value is -3.74. The number of fused-ring (bicyclic) bond motifs is 2. The van der Waals surface area contributed by atoms with Crippen molar-refractivity contribution in [2.24, 2.45) is 5.92 Å². The third kappa shape index (κ3) is 7.93. The number of carbonyl (C=O) groups excluding carboxylic acids is 3. The molecule has 0 radical (unpaired) electrons. The predicted octanol–water partition coefficient (Wildman–Crippen LogP) is 6.05. The van der Waals surface area contributed by atoms with E-state index in [4.69, 9.17) is 4.74 Å². The van der Waals surface area contributed by atoms with Crippen molar-refractivity contribution in [3.8, 4) is 17.3 Å². The quantitative estimate of drug-likeness (QED) is 0.469. The van der Waals surface area contributed by atoms with E-state index in [9.17, 15) is 24.0 Å². The van der Waals surface area contributed by atoms with Crippen molar-refractivity contribution in [1.82, 2.24) is 20.0 Å². The molecule has 1 saturated carbocycles. The molecule has 0 spiro atoms. The molecule has 4 unspecified atom stereocenters. The highest BCUT2D eigenvalue weighted by Gasteiger charge is 2.52. The number of piperidine rings is 1. The first-order chi connectivity index (χ1) is 19.4. The van der Waals surface area contributed by atoms with Crippen molar-refractivity contribution in [2.75, 3.05) is 0 Å². The monoisotopic (exact) mass is 569 g/mol. The van der Waals surface area contributed by atoms with Crippen molar-refractivity contribution in [3.05, 3.63) is 41.3 Å². The van der Waals surface area contributed by atoms with Crippen LogP contribution in [0.2, 0.25) is 0 Å². The molecule has 2 amide bonds. The summed E-state index contributed by atoms with van der Waals surface area (Å²) in [7, 11) is 0. The summed E-state index contributed by atoms with van der Waals surface area (Å²) in [5, 5.41) is 16.6. The summed E-state index contributed by atoms with van der Waals surface area (Å²) in [5.74, 6) is -1.20. The molecule has 2 aliphatic rings. The molecular weight excluding hydrogens is 525 g/mol. The zero-order valence-electron chi connectivity index (χ0n) is 25.7. The third-order valence-electron chi connectivity index (χ3n) is 6.89. The fourth-order valence-corrected chi connectivity index (χ4v) is 5.32. The first-order valence-electron chi connectivity index (χ1n) is 14.5. The van der Waals surface area contributed by atoms with Gasteiger partial charge in [0.25, 0.3) is 0 Å². The molecule has 4 atom stereocenters. The molecule has 2 aromatic rings. The second-order valence-electron chi connectivity index (χ2n) is 10.9. The molecule has 1 aromatic carbocycles. The standard InChI is InChI=1S/C27H32FN5O4.2C2H6/c1-15-10-23(31-33(15)16(2)34)18-7-6-17(22(28)13-18)11-20(14-29)30-25(35)24-19-8-9-21(12-19)32(24)26(36)37-27(3,4)5;2*1-2/h6-7,10,13,19-21,24H,8-9,11-12H2,1-5H3,(H,30,35);2*1-2H3. The highest BCUT2D eigenvalue weighted by Crippen LogP contribution is 2.43. The maximum atomic E-state index is 15.0. The molecule has 9 nitrogen and oxygen atoms in total. The topological polar surface area (TPSA) is 117 Å². The molecule has 2 fully saturated rings. The SMILES string of the molecule is CC.CC.CC(=O)n1nc(-c2ccc(CC(C#N)NC(=O)C3C4CCC(C4)N3C(=O)OC(C)(C)C)c(F)c2)cc1C. The summed E-state index contributed by atoms with van der Waals surface area (Å²) in [5.41, 5.74) is 1.16. The van der Waals surface area contributed by atoms with E-state index < -0.39 is 35.5 Å². The number of halogens is 1. The van der Waals surface area contributed by atoms with Crippen LogP contribution >= 0.6 is 0 Å². The number of benzene rings is 1. The number of aryl methyl sites for hydroxylation is 1. The average molecular weight is 570 g/mol. The van der Waals surface area contributed by atoms with E-state index in [2.05, 4.69) is 10.4 Å². The number of likely N-dealkylation sites (tertiary alicyclic amines) is 1. The molecule has 1 saturated heterocycles. The second-order valence-corrected chi connectivity index (χ2v) is 10.9. The van der Waals surface area contributed by atoms with Gasteiger partial charge in [-0.2, -0.15) is 10.4 Å². The molecule has 1 aliphatic heterocycles. The maximum Gasteiger partial charge on any atom is 0.411 e. The maximum absolute atomic E-state index is 15.0. The number of nitriles is 1. The fraction of sp³-hybridized carbons (Fsp3) is 0.581. The lowest BCUT2D eigenvalue weighted by Gasteiger charge is -2.35. The van der Waals surface area contributed by atoms with Crippen LogP contribution in [0.1, 0.15) is 90.7 Å². The van der Waals surface area contributed by atoms with Crippen LogP contribution in [0.3, 0.4) is 0 Å². The van der Waals surface area contributed by atoms with Crippen LogP contribution < -0.4 is 5.32 Å². The van der Waals surface area contributed by atoms with Gasteiger partial charge in [0.05, 0.1) is 11.8 Å². The number of carbonyl (C=O) groups is 3. The summed E-state index contributed by atoms with van der Waals surface area (Å²) in [6.45, 7) is 16.5. The predicted molar refractivity (Wildman–Crippen MR) is 156 cm³/mol. The van der Waals surface area contributed by atoms with Crippen molar-refractivity contribution in [1.29, 1.82) is 5.26 Å². The molecule has 2 bridgehead atoms. The third-order valence-corrected chi connectivity index (χ3v) is 6.89. The Balaban J connectivity index is 0.00000141. The number of amides is 2. The number of aromatic nitrogens is 2. The lowest BCUT2D eigenvalue weighted by atomic mass is 9.97. The Morgan fingerprint density at radius 2 is 1.83 bits per heavy atom. The van der Waals surface area contributed by atoms with Gasteiger partial charge >= 0.3 is 6.09 Å². The minimum absolute atomic E-state index is 0.00569. The number of hydrogen-bond acceptors (Lipinski definition) is 6. The number of hydrogen-bond donors (Lipinski definition) is 1. The van der Waals surface area contributed by atoms with Gasteiger partial charge in [0.15, 0.2) is 0 Å². The molecule has 224 valence electrons. The zero-order chi connectivity index (χ0) is 31.1. The van der Waals surface area contributed by atoms with Crippen LogP contribution in [-0.4, -0.2) is 56.3 Å². The van der Waals surface area contributed by atoms with Crippen LogP contribution in [0, 0.1) is 30.0 Å². The van der Waals surface area contributed by atoms with Crippen LogP contribution in [-0.2, 0) is 16.0 Å². The number of nitrogens with one attached hydrogen (secondary N) is 1. The van der Waals surface area contributed by atoms with E-state index in [-0.39, 0.29) is 29.9 Å². The Bertz CT molecular complexity index is 1280. The van der Waals surface area contributed by atoms with E-state index in [0.717, 1.165) is 19.3 Å². The van der Waals surface area contributed by atoms with Gasteiger partial charge < -0.3 is 10.1 Å². The molecule has 1 aromatic heterocycles. The van der Waals surface area contributed by atoms with E-state index in [1.807, 2.05) is 33.8 Å². The lowest BCUT2D eigenvalue weighted by Crippen LogP contribution is -2.55. The normalized spacial score (nSPS) is 19.6. The molecular formula is C31H44FN5O4. The van der Waals surface area contributed by atoms with Crippen LogP contribution in [0.25, 0.3) is 11.3 Å². The molecule has 41 heavy (non-hydrogen) atoms. The Morgan fingerprint density at radius 1 is 1.17 bits per heavy atom. The van der Waals surface area contributed by atoms with Gasteiger partial charge in [-0.15, -0.1) is 0 Å². The van der Waals surface area contributed by atoms with Crippen molar-refractivity contribution in [3.63, 3.8) is 0 Å². The second kappa shape index (κ2) is 14.2. The van der Waals surface area contributed by atoms with E-state index in [1.54, 1.807) is 45.9 Å². The van der Waals surface area contributed by atoms with Crippen LogP contribution in [0.4, 0.5) is 9.18 Å². The largest absolute Gasteiger partial charge is 0.444 e. The summed E-state index contributed by atoms with van der Waals surface area (Å²) < 4.78 is 21.8. The summed E-state index contributed by atoms with van der Waals surface area (Å²) in [4.78, 5) is 39.3. The first-order valence-corrected chi connectivity index (χ1v) is 14.5. The molecule has 1 aliphatic carbocycles. The van der Waals surface area contributed by atoms with Crippen LogP contribution in [0.15, 0.2) is 24.3 Å².